The topological polar surface area (TPSA) is 6.48 Å². The monoisotopic (exact) mass is 300 g/mol. The second kappa shape index (κ2) is 6.50. The fourth-order valence-electron chi connectivity index (χ4n) is 2.87. The van der Waals surface area contributed by atoms with Gasteiger partial charge in [0.2, 0.25) is 0 Å². The molecule has 3 rings (SSSR count). The van der Waals surface area contributed by atoms with Crippen LogP contribution in [0, 0.1) is 0 Å². The molecule has 1 saturated heterocycles. The average Bonchev–Trinajstić information content (AvgIpc) is 2.50. The maximum atomic E-state index is 6.22. The van der Waals surface area contributed by atoms with Crippen molar-refractivity contribution in [3.8, 4) is 0 Å². The predicted octanol–water partition coefficient (Wildman–Crippen LogP) is 3.68. The molecule has 0 radical (unpaired) electrons. The molecule has 3 heteroatoms. The summed E-state index contributed by atoms with van der Waals surface area (Å²) in [7, 11) is 2.18. The van der Waals surface area contributed by atoms with Gasteiger partial charge < -0.3 is 9.80 Å². The first-order chi connectivity index (χ1) is 10.2. The second-order valence-electron chi connectivity index (χ2n) is 5.73. The molecule has 110 valence electrons. The highest BCUT2D eigenvalue weighted by molar-refractivity contribution is 6.30. The normalized spacial score (nSPS) is 16.2. The number of rotatable bonds is 3. The summed E-state index contributed by atoms with van der Waals surface area (Å²) >= 11 is 6.22. The predicted molar refractivity (Wildman–Crippen MR) is 90.4 cm³/mol. The standard InChI is InChI=1S/C18H21ClN2/c1-20-9-11-21(12-10-20)18-8-7-17(19)14-16(18)13-15-5-3-2-4-6-15/h2-8,14H,9-13H2,1H3. The Morgan fingerprint density at radius 3 is 2.38 bits per heavy atom. The van der Waals surface area contributed by atoms with Crippen LogP contribution in [0.2, 0.25) is 5.02 Å². The van der Waals surface area contributed by atoms with E-state index < -0.39 is 0 Å². The molecule has 0 saturated carbocycles. The van der Waals surface area contributed by atoms with Crippen LogP contribution in [0.25, 0.3) is 0 Å². The zero-order chi connectivity index (χ0) is 14.7. The highest BCUT2D eigenvalue weighted by atomic mass is 35.5. The van der Waals surface area contributed by atoms with Crippen LogP contribution in [0.4, 0.5) is 5.69 Å². The SMILES string of the molecule is CN1CCN(c2ccc(Cl)cc2Cc2ccccc2)CC1. The van der Waals surface area contributed by atoms with Crippen LogP contribution in [0.3, 0.4) is 0 Å². The molecule has 2 nitrogen and oxygen atoms in total. The lowest BCUT2D eigenvalue weighted by Crippen LogP contribution is -2.44. The fraction of sp³-hybridized carbons (Fsp3) is 0.333. The number of hydrogen-bond donors (Lipinski definition) is 0. The Labute approximate surface area is 131 Å². The third-order valence-corrected chi connectivity index (χ3v) is 4.36. The number of hydrogen-bond acceptors (Lipinski definition) is 2. The van der Waals surface area contributed by atoms with Crippen molar-refractivity contribution in [2.24, 2.45) is 0 Å². The van der Waals surface area contributed by atoms with Crippen molar-refractivity contribution in [3.05, 3.63) is 64.7 Å². The molecule has 0 atom stereocenters. The van der Waals surface area contributed by atoms with Gasteiger partial charge in [-0.15, -0.1) is 0 Å². The molecule has 2 aromatic rings. The number of piperazine rings is 1. The number of anilines is 1. The van der Waals surface area contributed by atoms with E-state index in [1.54, 1.807) is 0 Å². The first-order valence-electron chi connectivity index (χ1n) is 7.48. The van der Waals surface area contributed by atoms with E-state index in [1.807, 2.05) is 6.07 Å². The summed E-state index contributed by atoms with van der Waals surface area (Å²) in [5.41, 5.74) is 3.98. The molecular weight excluding hydrogens is 280 g/mol. The second-order valence-corrected chi connectivity index (χ2v) is 6.16. The maximum Gasteiger partial charge on any atom is 0.0410 e. The van der Waals surface area contributed by atoms with Crippen molar-refractivity contribution >= 4 is 17.3 Å². The van der Waals surface area contributed by atoms with E-state index in [2.05, 4.69) is 59.3 Å². The quantitative estimate of drug-likeness (QED) is 0.853. The van der Waals surface area contributed by atoms with Gasteiger partial charge in [-0.25, -0.2) is 0 Å². The minimum absolute atomic E-state index is 0.818. The van der Waals surface area contributed by atoms with Crippen molar-refractivity contribution in [2.45, 2.75) is 6.42 Å². The van der Waals surface area contributed by atoms with Gasteiger partial charge in [0.1, 0.15) is 0 Å². The minimum atomic E-state index is 0.818. The van der Waals surface area contributed by atoms with E-state index in [1.165, 1.54) is 16.8 Å². The Bertz CT molecular complexity index is 589. The zero-order valence-corrected chi connectivity index (χ0v) is 13.2. The molecular formula is C18H21ClN2. The number of halogens is 1. The smallest absolute Gasteiger partial charge is 0.0410 e. The molecule has 0 aromatic heterocycles. The van der Waals surface area contributed by atoms with Gasteiger partial charge in [0, 0.05) is 36.9 Å². The van der Waals surface area contributed by atoms with E-state index >= 15 is 0 Å². The highest BCUT2D eigenvalue weighted by Crippen LogP contribution is 2.27. The van der Waals surface area contributed by atoms with Crippen molar-refractivity contribution in [1.29, 1.82) is 0 Å². The molecule has 0 amide bonds. The van der Waals surface area contributed by atoms with Crippen molar-refractivity contribution in [2.75, 3.05) is 38.1 Å². The Morgan fingerprint density at radius 2 is 1.67 bits per heavy atom. The third-order valence-electron chi connectivity index (χ3n) is 4.12. The summed E-state index contributed by atoms with van der Waals surface area (Å²) in [6.45, 7) is 4.40. The van der Waals surface area contributed by atoms with Gasteiger partial charge in [-0.3, -0.25) is 0 Å². The molecule has 0 unspecified atom stereocenters. The first-order valence-corrected chi connectivity index (χ1v) is 7.86. The van der Waals surface area contributed by atoms with Crippen LogP contribution >= 0.6 is 11.6 Å². The van der Waals surface area contributed by atoms with E-state index in [0.29, 0.717) is 0 Å². The number of benzene rings is 2. The van der Waals surface area contributed by atoms with Gasteiger partial charge in [0.05, 0.1) is 0 Å². The largest absolute Gasteiger partial charge is 0.369 e. The molecule has 0 spiro atoms. The van der Waals surface area contributed by atoms with Crippen LogP contribution in [0.5, 0.6) is 0 Å². The Balaban J connectivity index is 1.86. The van der Waals surface area contributed by atoms with E-state index in [4.69, 9.17) is 11.6 Å². The Kier molecular flexibility index (Phi) is 4.47. The van der Waals surface area contributed by atoms with Crippen LogP contribution in [0.15, 0.2) is 48.5 Å². The molecule has 0 aliphatic carbocycles. The highest BCUT2D eigenvalue weighted by Gasteiger charge is 2.17. The Hall–Kier alpha value is -1.51. The summed E-state index contributed by atoms with van der Waals surface area (Å²) in [4.78, 5) is 4.86. The molecule has 1 fully saturated rings. The molecule has 0 bridgehead atoms. The summed E-state index contributed by atoms with van der Waals surface area (Å²) in [6, 6.07) is 16.9. The third kappa shape index (κ3) is 3.58. The molecule has 1 aliphatic rings. The first kappa shape index (κ1) is 14.4. The van der Waals surface area contributed by atoms with Gasteiger partial charge in [0.25, 0.3) is 0 Å². The van der Waals surface area contributed by atoms with E-state index in [-0.39, 0.29) is 0 Å². The lowest BCUT2D eigenvalue weighted by Gasteiger charge is -2.35. The van der Waals surface area contributed by atoms with Gasteiger partial charge in [-0.2, -0.15) is 0 Å². The van der Waals surface area contributed by atoms with Gasteiger partial charge in [-0.1, -0.05) is 41.9 Å². The lowest BCUT2D eigenvalue weighted by molar-refractivity contribution is 0.312. The van der Waals surface area contributed by atoms with Crippen LogP contribution in [-0.4, -0.2) is 38.1 Å². The number of nitrogens with zero attached hydrogens (tertiary/aromatic N) is 2. The lowest BCUT2D eigenvalue weighted by atomic mass is 10.0. The molecule has 0 N–H and O–H groups in total. The fourth-order valence-corrected chi connectivity index (χ4v) is 3.06. The van der Waals surface area contributed by atoms with Crippen molar-refractivity contribution in [1.82, 2.24) is 4.90 Å². The maximum absolute atomic E-state index is 6.22. The van der Waals surface area contributed by atoms with Crippen molar-refractivity contribution < 1.29 is 0 Å². The molecule has 1 heterocycles. The van der Waals surface area contributed by atoms with E-state index in [9.17, 15) is 0 Å². The number of likely N-dealkylation sites (N-methyl/N-ethyl adjacent to an activating group) is 1. The van der Waals surface area contributed by atoms with Gasteiger partial charge in [-0.05, 0) is 42.8 Å². The molecule has 21 heavy (non-hydrogen) atoms. The summed E-state index contributed by atoms with van der Waals surface area (Å²) in [5, 5.41) is 0.818. The zero-order valence-electron chi connectivity index (χ0n) is 12.4. The van der Waals surface area contributed by atoms with E-state index in [0.717, 1.165) is 37.6 Å². The minimum Gasteiger partial charge on any atom is -0.369 e. The van der Waals surface area contributed by atoms with Crippen molar-refractivity contribution in [3.63, 3.8) is 0 Å². The van der Waals surface area contributed by atoms with Crippen LogP contribution < -0.4 is 4.90 Å². The van der Waals surface area contributed by atoms with Gasteiger partial charge in [0.15, 0.2) is 0 Å². The Morgan fingerprint density at radius 1 is 0.952 bits per heavy atom. The summed E-state index contributed by atoms with van der Waals surface area (Å²) < 4.78 is 0. The van der Waals surface area contributed by atoms with Crippen LogP contribution in [0.1, 0.15) is 11.1 Å². The molecule has 1 aliphatic heterocycles. The molecule has 2 aromatic carbocycles. The van der Waals surface area contributed by atoms with Crippen LogP contribution in [-0.2, 0) is 6.42 Å². The summed E-state index contributed by atoms with van der Waals surface area (Å²) in [6.07, 6.45) is 0.934. The average molecular weight is 301 g/mol. The summed E-state index contributed by atoms with van der Waals surface area (Å²) in [5.74, 6) is 0. The van der Waals surface area contributed by atoms with Gasteiger partial charge >= 0.3 is 0 Å².